The van der Waals surface area contributed by atoms with E-state index >= 15 is 0 Å². The molecular formula is C13H18N2O2S. The van der Waals surface area contributed by atoms with Crippen molar-refractivity contribution in [3.63, 3.8) is 0 Å². The van der Waals surface area contributed by atoms with Gasteiger partial charge in [0.05, 0.1) is 6.54 Å². The van der Waals surface area contributed by atoms with E-state index in [2.05, 4.69) is 5.32 Å². The van der Waals surface area contributed by atoms with Gasteiger partial charge in [0.1, 0.15) is 6.04 Å². The molecule has 1 aliphatic rings. The van der Waals surface area contributed by atoms with Gasteiger partial charge in [0.15, 0.2) is 0 Å². The number of thiophene rings is 1. The molecule has 4 nitrogen and oxygen atoms in total. The molecular weight excluding hydrogens is 248 g/mol. The normalized spacial score (nSPS) is 19.6. The molecule has 98 valence electrons. The number of rotatable bonds is 4. The summed E-state index contributed by atoms with van der Waals surface area (Å²) in [5, 5.41) is 4.87. The highest BCUT2D eigenvalue weighted by molar-refractivity contribution is 7.09. The molecule has 0 unspecified atom stereocenters. The molecule has 0 aromatic carbocycles. The molecule has 1 saturated heterocycles. The fourth-order valence-corrected chi connectivity index (χ4v) is 2.86. The van der Waals surface area contributed by atoms with Crippen molar-refractivity contribution in [2.75, 3.05) is 0 Å². The maximum atomic E-state index is 12.0. The van der Waals surface area contributed by atoms with Gasteiger partial charge < -0.3 is 10.2 Å². The van der Waals surface area contributed by atoms with Crippen LogP contribution in [-0.4, -0.2) is 28.8 Å². The number of carbonyl (C=O) groups is 2. The largest absolute Gasteiger partial charge is 0.352 e. The quantitative estimate of drug-likeness (QED) is 0.903. The molecule has 1 aromatic heterocycles. The summed E-state index contributed by atoms with van der Waals surface area (Å²) in [6.45, 7) is 4.41. The van der Waals surface area contributed by atoms with Crippen molar-refractivity contribution in [1.29, 1.82) is 0 Å². The maximum Gasteiger partial charge on any atom is 0.243 e. The Kier molecular flexibility index (Phi) is 4.01. The Bertz CT molecular complexity index is 428. The molecule has 0 bridgehead atoms. The number of likely N-dealkylation sites (tertiary alicyclic amines) is 1. The monoisotopic (exact) mass is 266 g/mol. The number of hydrogen-bond donors (Lipinski definition) is 1. The molecule has 2 rings (SSSR count). The molecule has 0 radical (unpaired) electrons. The summed E-state index contributed by atoms with van der Waals surface area (Å²) >= 11 is 1.61. The molecule has 18 heavy (non-hydrogen) atoms. The third kappa shape index (κ3) is 2.90. The second-order valence-corrected chi connectivity index (χ2v) is 5.85. The third-order valence-corrected chi connectivity index (χ3v) is 3.83. The van der Waals surface area contributed by atoms with E-state index in [0.29, 0.717) is 19.4 Å². The van der Waals surface area contributed by atoms with Gasteiger partial charge in [-0.3, -0.25) is 9.59 Å². The second kappa shape index (κ2) is 5.52. The van der Waals surface area contributed by atoms with Crippen molar-refractivity contribution in [3.8, 4) is 0 Å². The van der Waals surface area contributed by atoms with E-state index in [0.717, 1.165) is 4.88 Å². The fraction of sp³-hybridized carbons (Fsp3) is 0.538. The van der Waals surface area contributed by atoms with Crippen LogP contribution in [0, 0.1) is 0 Å². The average molecular weight is 266 g/mol. The SMILES string of the molecule is CC(C)NC(=O)[C@H]1CCC(=O)N1Cc1cccs1. The Morgan fingerprint density at radius 1 is 1.61 bits per heavy atom. The Balaban J connectivity index is 2.05. The molecule has 2 heterocycles. The van der Waals surface area contributed by atoms with Crippen LogP contribution in [0.1, 0.15) is 31.6 Å². The predicted molar refractivity (Wildman–Crippen MR) is 71.2 cm³/mol. The molecule has 5 heteroatoms. The average Bonchev–Trinajstić information content (AvgIpc) is 2.90. The molecule has 1 aliphatic heterocycles. The number of amides is 2. The van der Waals surface area contributed by atoms with Gasteiger partial charge in [0.25, 0.3) is 0 Å². The van der Waals surface area contributed by atoms with Crippen molar-refractivity contribution in [2.45, 2.75) is 45.3 Å². The van der Waals surface area contributed by atoms with E-state index in [1.807, 2.05) is 31.4 Å². The maximum absolute atomic E-state index is 12.0. The van der Waals surface area contributed by atoms with Gasteiger partial charge in [-0.25, -0.2) is 0 Å². The number of carbonyl (C=O) groups excluding carboxylic acids is 2. The minimum atomic E-state index is -0.304. The summed E-state index contributed by atoms with van der Waals surface area (Å²) < 4.78 is 0. The molecule has 1 fully saturated rings. The topological polar surface area (TPSA) is 49.4 Å². The van der Waals surface area contributed by atoms with E-state index in [9.17, 15) is 9.59 Å². The first-order chi connectivity index (χ1) is 8.58. The number of nitrogens with one attached hydrogen (secondary N) is 1. The molecule has 2 amide bonds. The van der Waals surface area contributed by atoms with Crippen LogP contribution in [0.25, 0.3) is 0 Å². The Hall–Kier alpha value is -1.36. The first-order valence-corrected chi connectivity index (χ1v) is 7.08. The zero-order valence-corrected chi connectivity index (χ0v) is 11.5. The van der Waals surface area contributed by atoms with Crippen LogP contribution in [-0.2, 0) is 16.1 Å². The molecule has 0 spiro atoms. The Morgan fingerprint density at radius 2 is 2.39 bits per heavy atom. The van der Waals surface area contributed by atoms with E-state index in [-0.39, 0.29) is 23.9 Å². The standard InChI is InChI=1S/C13H18N2O2S/c1-9(2)14-13(17)11-5-6-12(16)15(11)8-10-4-3-7-18-10/h3-4,7,9,11H,5-6,8H2,1-2H3,(H,14,17)/t11-/m1/s1. The lowest BCUT2D eigenvalue weighted by Gasteiger charge is -2.24. The summed E-state index contributed by atoms with van der Waals surface area (Å²) in [5.41, 5.74) is 0. The van der Waals surface area contributed by atoms with Gasteiger partial charge >= 0.3 is 0 Å². The van der Waals surface area contributed by atoms with Crippen LogP contribution in [0.2, 0.25) is 0 Å². The van der Waals surface area contributed by atoms with Gasteiger partial charge in [-0.05, 0) is 31.7 Å². The zero-order chi connectivity index (χ0) is 13.1. The predicted octanol–water partition coefficient (Wildman–Crippen LogP) is 1.76. The van der Waals surface area contributed by atoms with Crippen LogP contribution >= 0.6 is 11.3 Å². The highest BCUT2D eigenvalue weighted by Crippen LogP contribution is 2.23. The molecule has 1 N–H and O–H groups in total. The molecule has 0 aliphatic carbocycles. The van der Waals surface area contributed by atoms with Crippen LogP contribution < -0.4 is 5.32 Å². The minimum absolute atomic E-state index is 0.0348. The van der Waals surface area contributed by atoms with Crippen LogP contribution in [0.3, 0.4) is 0 Å². The number of hydrogen-bond acceptors (Lipinski definition) is 3. The zero-order valence-electron chi connectivity index (χ0n) is 10.7. The van der Waals surface area contributed by atoms with E-state index in [4.69, 9.17) is 0 Å². The Labute approximate surface area is 111 Å². The summed E-state index contributed by atoms with van der Waals surface area (Å²) in [6.07, 6.45) is 1.10. The van der Waals surface area contributed by atoms with Crippen molar-refractivity contribution < 1.29 is 9.59 Å². The van der Waals surface area contributed by atoms with Gasteiger partial charge in [-0.1, -0.05) is 6.07 Å². The minimum Gasteiger partial charge on any atom is -0.352 e. The fourth-order valence-electron chi connectivity index (χ4n) is 2.16. The van der Waals surface area contributed by atoms with Crippen LogP contribution in [0.4, 0.5) is 0 Å². The lowest BCUT2D eigenvalue weighted by Crippen LogP contribution is -2.46. The van der Waals surface area contributed by atoms with Crippen LogP contribution in [0.5, 0.6) is 0 Å². The highest BCUT2D eigenvalue weighted by atomic mass is 32.1. The van der Waals surface area contributed by atoms with E-state index in [1.54, 1.807) is 16.2 Å². The third-order valence-electron chi connectivity index (χ3n) is 2.97. The van der Waals surface area contributed by atoms with Gasteiger partial charge in [-0.2, -0.15) is 0 Å². The van der Waals surface area contributed by atoms with Gasteiger partial charge in [0, 0.05) is 17.3 Å². The first kappa shape index (κ1) is 13.1. The number of nitrogens with zero attached hydrogens (tertiary/aromatic N) is 1. The molecule has 1 atom stereocenters. The first-order valence-electron chi connectivity index (χ1n) is 6.20. The van der Waals surface area contributed by atoms with Gasteiger partial charge in [0.2, 0.25) is 11.8 Å². The molecule has 1 aromatic rings. The highest BCUT2D eigenvalue weighted by Gasteiger charge is 2.36. The lowest BCUT2D eigenvalue weighted by atomic mass is 10.2. The molecule has 0 saturated carbocycles. The lowest BCUT2D eigenvalue weighted by molar-refractivity contribution is -0.136. The van der Waals surface area contributed by atoms with Crippen LogP contribution in [0.15, 0.2) is 17.5 Å². The summed E-state index contributed by atoms with van der Waals surface area (Å²) in [6, 6.07) is 3.76. The van der Waals surface area contributed by atoms with Crippen molar-refractivity contribution >= 4 is 23.2 Å². The Morgan fingerprint density at radius 3 is 3.00 bits per heavy atom. The summed E-state index contributed by atoms with van der Waals surface area (Å²) in [5.74, 6) is 0.0414. The summed E-state index contributed by atoms with van der Waals surface area (Å²) in [7, 11) is 0. The van der Waals surface area contributed by atoms with Crippen molar-refractivity contribution in [2.24, 2.45) is 0 Å². The van der Waals surface area contributed by atoms with Crippen molar-refractivity contribution in [1.82, 2.24) is 10.2 Å². The summed E-state index contributed by atoms with van der Waals surface area (Å²) in [4.78, 5) is 26.7. The van der Waals surface area contributed by atoms with E-state index in [1.165, 1.54) is 0 Å². The smallest absolute Gasteiger partial charge is 0.243 e. The van der Waals surface area contributed by atoms with E-state index < -0.39 is 0 Å². The van der Waals surface area contributed by atoms with Crippen molar-refractivity contribution in [3.05, 3.63) is 22.4 Å². The van der Waals surface area contributed by atoms with Gasteiger partial charge in [-0.15, -0.1) is 11.3 Å². The second-order valence-electron chi connectivity index (χ2n) is 4.82.